The van der Waals surface area contributed by atoms with Gasteiger partial charge in [0.15, 0.2) is 0 Å². The Hall–Kier alpha value is -0.150. The number of nitrogens with zero attached hydrogens (tertiary/aromatic N) is 1. The molecule has 2 rings (SSSR count). The van der Waals surface area contributed by atoms with Gasteiger partial charge in [0.1, 0.15) is 5.75 Å². The van der Waals surface area contributed by atoms with Gasteiger partial charge in [-0.1, -0.05) is 42.5 Å². The summed E-state index contributed by atoms with van der Waals surface area (Å²) in [4.78, 5) is 2.61. The van der Waals surface area contributed by atoms with E-state index in [4.69, 9.17) is 27.9 Å². The Balaban J connectivity index is 0.00000242. The first-order valence-electron chi connectivity index (χ1n) is 8.06. The minimum absolute atomic E-state index is 0. The van der Waals surface area contributed by atoms with Crippen LogP contribution in [0.4, 0.5) is 0 Å². The minimum Gasteiger partial charge on any atom is -0.494 e. The van der Waals surface area contributed by atoms with Gasteiger partial charge in [-0.25, -0.2) is 0 Å². The Morgan fingerprint density at radius 1 is 0.909 bits per heavy atom. The molecule has 22 heavy (non-hydrogen) atoms. The highest BCUT2D eigenvalue weighted by atomic mass is 35.5. The van der Waals surface area contributed by atoms with Crippen molar-refractivity contribution in [2.45, 2.75) is 44.9 Å². The molecule has 0 aromatic heterocycles. The fourth-order valence-electron chi connectivity index (χ4n) is 2.73. The first-order valence-corrected chi connectivity index (χ1v) is 8.81. The largest absolute Gasteiger partial charge is 0.494 e. The fraction of sp³-hybridized carbons (Fsp3) is 0.647. The molecule has 5 heteroatoms. The Morgan fingerprint density at radius 3 is 2.36 bits per heavy atom. The number of halogens is 3. The lowest BCUT2D eigenvalue weighted by Crippen LogP contribution is -2.30. The maximum Gasteiger partial charge on any atom is 0.120 e. The van der Waals surface area contributed by atoms with Crippen LogP contribution in [0.15, 0.2) is 18.2 Å². The molecule has 0 N–H and O–H groups in total. The summed E-state index contributed by atoms with van der Waals surface area (Å²) in [7, 11) is 0. The molecule has 1 aliphatic rings. The molecule has 0 bridgehead atoms. The van der Waals surface area contributed by atoms with E-state index in [9.17, 15) is 0 Å². The van der Waals surface area contributed by atoms with Gasteiger partial charge in [-0.2, -0.15) is 0 Å². The van der Waals surface area contributed by atoms with E-state index in [0.29, 0.717) is 10.0 Å². The second-order valence-corrected chi connectivity index (χ2v) is 6.56. The van der Waals surface area contributed by atoms with Crippen LogP contribution in [-0.2, 0) is 0 Å². The third kappa shape index (κ3) is 7.41. The summed E-state index contributed by atoms with van der Waals surface area (Å²) in [5, 5.41) is 1.12. The molecule has 0 aliphatic carbocycles. The van der Waals surface area contributed by atoms with Gasteiger partial charge in [-0.3, -0.25) is 0 Å². The van der Waals surface area contributed by atoms with Crippen molar-refractivity contribution in [2.75, 3.05) is 26.2 Å². The van der Waals surface area contributed by atoms with Crippen molar-refractivity contribution >= 4 is 35.6 Å². The summed E-state index contributed by atoms with van der Waals surface area (Å²) in [5.74, 6) is 0.803. The van der Waals surface area contributed by atoms with Gasteiger partial charge in [0.05, 0.1) is 16.7 Å². The SMILES string of the molecule is Cl.Clc1ccc(OCCCCCCN2CCCCC2)cc1Cl. The van der Waals surface area contributed by atoms with Crippen LogP contribution < -0.4 is 4.74 Å². The van der Waals surface area contributed by atoms with Crippen molar-refractivity contribution in [1.82, 2.24) is 4.90 Å². The summed E-state index contributed by atoms with van der Waals surface area (Å²) in [6, 6.07) is 5.42. The third-order valence-electron chi connectivity index (χ3n) is 3.98. The fourth-order valence-corrected chi connectivity index (χ4v) is 3.02. The topological polar surface area (TPSA) is 12.5 Å². The summed E-state index contributed by atoms with van der Waals surface area (Å²) < 4.78 is 5.68. The summed E-state index contributed by atoms with van der Waals surface area (Å²) in [6.07, 6.45) is 9.13. The number of hydrogen-bond donors (Lipinski definition) is 0. The molecule has 0 atom stereocenters. The smallest absolute Gasteiger partial charge is 0.120 e. The van der Waals surface area contributed by atoms with E-state index in [1.165, 1.54) is 58.2 Å². The first-order chi connectivity index (χ1) is 10.3. The van der Waals surface area contributed by atoms with Gasteiger partial charge in [0, 0.05) is 6.07 Å². The summed E-state index contributed by atoms with van der Waals surface area (Å²) in [5.41, 5.74) is 0. The lowest BCUT2D eigenvalue weighted by molar-refractivity contribution is 0.223. The van der Waals surface area contributed by atoms with Crippen molar-refractivity contribution in [1.29, 1.82) is 0 Å². The average molecular weight is 367 g/mol. The number of unbranched alkanes of at least 4 members (excludes halogenated alkanes) is 3. The van der Waals surface area contributed by atoms with E-state index < -0.39 is 0 Å². The van der Waals surface area contributed by atoms with E-state index in [1.807, 2.05) is 6.07 Å². The van der Waals surface area contributed by atoms with Gasteiger partial charge in [0.2, 0.25) is 0 Å². The normalized spacial score (nSPS) is 15.4. The second kappa shape index (κ2) is 11.4. The lowest BCUT2D eigenvalue weighted by atomic mass is 10.1. The molecule has 0 saturated carbocycles. The van der Waals surface area contributed by atoms with Crippen LogP contribution in [0.1, 0.15) is 44.9 Å². The molecule has 1 heterocycles. The highest BCUT2D eigenvalue weighted by Crippen LogP contribution is 2.26. The number of hydrogen-bond acceptors (Lipinski definition) is 2. The molecule has 0 spiro atoms. The highest BCUT2D eigenvalue weighted by Gasteiger charge is 2.08. The van der Waals surface area contributed by atoms with Crippen LogP contribution in [0, 0.1) is 0 Å². The van der Waals surface area contributed by atoms with E-state index in [1.54, 1.807) is 12.1 Å². The van der Waals surface area contributed by atoms with Crippen LogP contribution >= 0.6 is 35.6 Å². The average Bonchev–Trinajstić information content (AvgIpc) is 2.51. The van der Waals surface area contributed by atoms with Gasteiger partial charge < -0.3 is 9.64 Å². The maximum atomic E-state index is 5.95. The van der Waals surface area contributed by atoms with Gasteiger partial charge in [-0.15, -0.1) is 12.4 Å². The standard InChI is InChI=1S/C17H25Cl2NO.ClH/c18-16-9-8-15(14-17(16)19)21-13-7-2-1-4-10-20-11-5-3-6-12-20;/h8-9,14H,1-7,10-13H2;1H. The predicted octanol–water partition coefficient (Wildman–Crippen LogP) is 5.84. The second-order valence-electron chi connectivity index (χ2n) is 5.74. The Labute approximate surface area is 150 Å². The van der Waals surface area contributed by atoms with Crippen LogP contribution in [-0.4, -0.2) is 31.1 Å². The van der Waals surface area contributed by atoms with E-state index in [-0.39, 0.29) is 12.4 Å². The Kier molecular flexibility index (Phi) is 10.3. The molecule has 0 unspecified atom stereocenters. The molecule has 1 saturated heterocycles. The van der Waals surface area contributed by atoms with Crippen LogP contribution in [0.25, 0.3) is 0 Å². The van der Waals surface area contributed by atoms with E-state index >= 15 is 0 Å². The van der Waals surface area contributed by atoms with E-state index in [2.05, 4.69) is 4.90 Å². The number of likely N-dealkylation sites (tertiary alicyclic amines) is 1. The molecule has 0 radical (unpaired) electrons. The number of piperidine rings is 1. The van der Waals surface area contributed by atoms with Gasteiger partial charge >= 0.3 is 0 Å². The molecule has 1 fully saturated rings. The lowest BCUT2D eigenvalue weighted by Gasteiger charge is -2.26. The maximum absolute atomic E-state index is 5.95. The van der Waals surface area contributed by atoms with Crippen molar-refractivity contribution in [3.05, 3.63) is 28.2 Å². The molecular weight excluding hydrogens is 341 g/mol. The summed E-state index contributed by atoms with van der Waals surface area (Å²) >= 11 is 11.8. The zero-order valence-electron chi connectivity index (χ0n) is 13.0. The summed E-state index contributed by atoms with van der Waals surface area (Å²) in [6.45, 7) is 4.64. The Bertz CT molecular complexity index is 422. The monoisotopic (exact) mass is 365 g/mol. The van der Waals surface area contributed by atoms with Crippen molar-refractivity contribution in [3.63, 3.8) is 0 Å². The first kappa shape index (κ1) is 19.9. The molecular formula is C17H26Cl3NO. The predicted molar refractivity (Wildman–Crippen MR) is 98.0 cm³/mol. The third-order valence-corrected chi connectivity index (χ3v) is 4.72. The van der Waals surface area contributed by atoms with Crippen LogP contribution in [0.3, 0.4) is 0 Å². The molecule has 0 amide bonds. The van der Waals surface area contributed by atoms with Crippen LogP contribution in [0.2, 0.25) is 10.0 Å². The molecule has 1 aromatic rings. The van der Waals surface area contributed by atoms with Crippen molar-refractivity contribution in [2.24, 2.45) is 0 Å². The number of benzene rings is 1. The zero-order valence-corrected chi connectivity index (χ0v) is 15.4. The van der Waals surface area contributed by atoms with Gasteiger partial charge in [0.25, 0.3) is 0 Å². The minimum atomic E-state index is 0. The highest BCUT2D eigenvalue weighted by molar-refractivity contribution is 6.42. The molecule has 126 valence electrons. The van der Waals surface area contributed by atoms with Gasteiger partial charge in [-0.05, 0) is 57.5 Å². The molecule has 1 aromatic carbocycles. The molecule has 1 aliphatic heterocycles. The zero-order chi connectivity index (χ0) is 14.9. The van der Waals surface area contributed by atoms with Crippen LogP contribution in [0.5, 0.6) is 5.75 Å². The Morgan fingerprint density at radius 2 is 1.64 bits per heavy atom. The van der Waals surface area contributed by atoms with Crippen molar-refractivity contribution < 1.29 is 4.74 Å². The number of rotatable bonds is 8. The van der Waals surface area contributed by atoms with Crippen molar-refractivity contribution in [3.8, 4) is 5.75 Å². The quantitative estimate of drug-likeness (QED) is 0.536. The number of ether oxygens (including phenoxy) is 1. The molecule has 2 nitrogen and oxygen atoms in total. The van der Waals surface area contributed by atoms with E-state index in [0.717, 1.165) is 18.8 Å².